The van der Waals surface area contributed by atoms with Gasteiger partial charge >= 0.3 is 0 Å². The summed E-state index contributed by atoms with van der Waals surface area (Å²) in [6.07, 6.45) is 0.640. The highest BCUT2D eigenvalue weighted by molar-refractivity contribution is 7.89. The Hall–Kier alpha value is -1.15. The van der Waals surface area contributed by atoms with Crippen molar-refractivity contribution in [1.29, 1.82) is 0 Å². The lowest BCUT2D eigenvalue weighted by Crippen LogP contribution is -2.25. The van der Waals surface area contributed by atoms with Gasteiger partial charge in [0.25, 0.3) is 0 Å². The molecule has 0 atom stereocenters. The minimum absolute atomic E-state index is 0.235. The Morgan fingerprint density at radius 2 is 1.81 bits per heavy atom. The van der Waals surface area contributed by atoms with Crippen LogP contribution in [0.4, 0.5) is 0 Å². The molecule has 6 nitrogen and oxygen atoms in total. The van der Waals surface area contributed by atoms with E-state index in [9.17, 15) is 8.42 Å². The molecule has 0 spiro atoms. The standard InChI is InChI=1S/C14H24N2O4S/c1-3-15-10-12-20-13-5-7-14(8-6-13)21(17,18)16-9-4-11-19-2/h5-8,15-16H,3-4,9-12H2,1-2H3. The monoisotopic (exact) mass is 316 g/mol. The number of hydrogen-bond donors (Lipinski definition) is 2. The predicted molar refractivity (Wildman–Crippen MR) is 82.2 cm³/mol. The fourth-order valence-corrected chi connectivity index (χ4v) is 2.71. The number of benzene rings is 1. The Balaban J connectivity index is 2.48. The summed E-state index contributed by atoms with van der Waals surface area (Å²) in [4.78, 5) is 0.235. The molecule has 7 heteroatoms. The molecule has 1 aromatic carbocycles. The van der Waals surface area contributed by atoms with E-state index in [1.807, 2.05) is 6.92 Å². The molecule has 0 aliphatic heterocycles. The van der Waals surface area contributed by atoms with Crippen molar-refractivity contribution in [3.63, 3.8) is 0 Å². The molecule has 0 amide bonds. The van der Waals surface area contributed by atoms with Crippen LogP contribution in [0.15, 0.2) is 29.2 Å². The first kappa shape index (κ1) is 17.9. The number of ether oxygens (including phenoxy) is 2. The van der Waals surface area contributed by atoms with Gasteiger partial charge < -0.3 is 14.8 Å². The number of methoxy groups -OCH3 is 1. The van der Waals surface area contributed by atoms with Gasteiger partial charge in [-0.15, -0.1) is 0 Å². The molecule has 0 unspecified atom stereocenters. The molecule has 120 valence electrons. The van der Waals surface area contributed by atoms with Crippen molar-refractivity contribution in [2.45, 2.75) is 18.2 Å². The largest absolute Gasteiger partial charge is 0.492 e. The van der Waals surface area contributed by atoms with Crippen LogP contribution in [0.25, 0.3) is 0 Å². The Bertz CT molecular complexity index is 488. The van der Waals surface area contributed by atoms with Gasteiger partial charge in [0.2, 0.25) is 10.0 Å². The number of hydrogen-bond acceptors (Lipinski definition) is 5. The second-order valence-corrected chi connectivity index (χ2v) is 6.18. The molecule has 0 radical (unpaired) electrons. The summed E-state index contributed by atoms with van der Waals surface area (Å²) in [7, 11) is -1.87. The van der Waals surface area contributed by atoms with Gasteiger partial charge in [0, 0.05) is 26.8 Å². The quantitative estimate of drug-likeness (QED) is 0.595. The lowest BCUT2D eigenvalue weighted by atomic mass is 10.3. The summed E-state index contributed by atoms with van der Waals surface area (Å²) in [5, 5.41) is 3.15. The smallest absolute Gasteiger partial charge is 0.240 e. The number of rotatable bonds is 11. The van der Waals surface area contributed by atoms with Gasteiger partial charge in [0.05, 0.1) is 4.90 Å². The maximum absolute atomic E-state index is 12.0. The molecule has 0 saturated carbocycles. The predicted octanol–water partition coefficient (Wildman–Crippen LogP) is 0.990. The van der Waals surface area contributed by atoms with Crippen molar-refractivity contribution in [3.05, 3.63) is 24.3 Å². The molecule has 21 heavy (non-hydrogen) atoms. The minimum atomic E-state index is -3.46. The van der Waals surface area contributed by atoms with Gasteiger partial charge in [-0.05, 0) is 37.2 Å². The molecule has 0 heterocycles. The molecule has 1 rings (SSSR count). The summed E-state index contributed by atoms with van der Waals surface area (Å²) >= 11 is 0. The minimum Gasteiger partial charge on any atom is -0.492 e. The second-order valence-electron chi connectivity index (χ2n) is 4.42. The summed E-state index contributed by atoms with van der Waals surface area (Å²) in [6.45, 7) is 5.12. The first-order valence-electron chi connectivity index (χ1n) is 7.02. The third-order valence-electron chi connectivity index (χ3n) is 2.75. The van der Waals surface area contributed by atoms with Crippen LogP contribution in [-0.2, 0) is 14.8 Å². The maximum atomic E-state index is 12.0. The number of likely N-dealkylation sites (N-methyl/N-ethyl adjacent to an activating group) is 1. The number of sulfonamides is 1. The van der Waals surface area contributed by atoms with Crippen LogP contribution in [-0.4, -0.2) is 48.4 Å². The second kappa shape index (κ2) is 9.73. The third-order valence-corrected chi connectivity index (χ3v) is 4.23. The molecule has 1 aromatic rings. The first-order valence-corrected chi connectivity index (χ1v) is 8.50. The van der Waals surface area contributed by atoms with Gasteiger partial charge in [-0.25, -0.2) is 13.1 Å². The average molecular weight is 316 g/mol. The van der Waals surface area contributed by atoms with Crippen LogP contribution in [0.2, 0.25) is 0 Å². The van der Waals surface area contributed by atoms with Crippen LogP contribution >= 0.6 is 0 Å². The highest BCUT2D eigenvalue weighted by atomic mass is 32.2. The molecule has 0 bridgehead atoms. The summed E-state index contributed by atoms with van der Waals surface area (Å²) in [6, 6.07) is 6.41. The lowest BCUT2D eigenvalue weighted by molar-refractivity contribution is 0.196. The van der Waals surface area contributed by atoms with Gasteiger partial charge in [-0.2, -0.15) is 0 Å². The van der Waals surface area contributed by atoms with Crippen LogP contribution in [0.1, 0.15) is 13.3 Å². The Morgan fingerprint density at radius 1 is 1.10 bits per heavy atom. The zero-order valence-electron chi connectivity index (χ0n) is 12.6. The molecule has 0 saturated heterocycles. The van der Waals surface area contributed by atoms with Crippen molar-refractivity contribution in [3.8, 4) is 5.75 Å². The van der Waals surface area contributed by atoms with Crippen LogP contribution in [0.5, 0.6) is 5.75 Å². The van der Waals surface area contributed by atoms with E-state index in [4.69, 9.17) is 9.47 Å². The van der Waals surface area contributed by atoms with E-state index in [1.54, 1.807) is 31.4 Å². The van der Waals surface area contributed by atoms with E-state index in [1.165, 1.54) is 0 Å². The molecule has 0 aliphatic rings. The van der Waals surface area contributed by atoms with Gasteiger partial charge in [-0.1, -0.05) is 6.92 Å². The zero-order chi connectivity index (χ0) is 15.6. The van der Waals surface area contributed by atoms with E-state index >= 15 is 0 Å². The first-order chi connectivity index (χ1) is 10.1. The van der Waals surface area contributed by atoms with Crippen LogP contribution in [0, 0.1) is 0 Å². The number of nitrogens with one attached hydrogen (secondary N) is 2. The van der Waals surface area contributed by atoms with Crippen LogP contribution < -0.4 is 14.8 Å². The van der Waals surface area contributed by atoms with Crippen molar-refractivity contribution in [2.24, 2.45) is 0 Å². The van der Waals surface area contributed by atoms with Gasteiger partial charge in [0.1, 0.15) is 12.4 Å². The average Bonchev–Trinajstić information content (AvgIpc) is 2.49. The highest BCUT2D eigenvalue weighted by Crippen LogP contribution is 2.15. The van der Waals surface area contributed by atoms with E-state index in [-0.39, 0.29) is 4.90 Å². The molecule has 0 fully saturated rings. The van der Waals surface area contributed by atoms with E-state index < -0.39 is 10.0 Å². The lowest BCUT2D eigenvalue weighted by Gasteiger charge is -2.09. The van der Waals surface area contributed by atoms with E-state index in [2.05, 4.69) is 10.0 Å². The van der Waals surface area contributed by atoms with Crippen molar-refractivity contribution in [2.75, 3.05) is 40.0 Å². The molecular weight excluding hydrogens is 292 g/mol. The van der Waals surface area contributed by atoms with E-state index in [0.29, 0.717) is 31.9 Å². The summed E-state index contributed by atoms with van der Waals surface area (Å²) < 4.78 is 36.9. The van der Waals surface area contributed by atoms with E-state index in [0.717, 1.165) is 13.1 Å². The highest BCUT2D eigenvalue weighted by Gasteiger charge is 2.12. The fraction of sp³-hybridized carbons (Fsp3) is 0.571. The molecule has 0 aliphatic carbocycles. The molecule has 0 aromatic heterocycles. The zero-order valence-corrected chi connectivity index (χ0v) is 13.4. The van der Waals surface area contributed by atoms with Gasteiger partial charge in [-0.3, -0.25) is 0 Å². The SMILES string of the molecule is CCNCCOc1ccc(S(=O)(=O)NCCCOC)cc1. The van der Waals surface area contributed by atoms with Crippen molar-refractivity contribution in [1.82, 2.24) is 10.0 Å². The molecular formula is C14H24N2O4S. The van der Waals surface area contributed by atoms with Crippen LogP contribution in [0.3, 0.4) is 0 Å². The summed E-state index contributed by atoms with van der Waals surface area (Å²) in [5.74, 6) is 0.659. The van der Waals surface area contributed by atoms with Crippen molar-refractivity contribution >= 4 is 10.0 Å². The Labute approximate surface area is 126 Å². The van der Waals surface area contributed by atoms with Crippen molar-refractivity contribution < 1.29 is 17.9 Å². The Morgan fingerprint density at radius 3 is 2.43 bits per heavy atom. The molecule has 2 N–H and O–H groups in total. The fourth-order valence-electron chi connectivity index (χ4n) is 1.64. The normalized spacial score (nSPS) is 11.5. The van der Waals surface area contributed by atoms with Gasteiger partial charge in [0.15, 0.2) is 0 Å². The topological polar surface area (TPSA) is 76.7 Å². The maximum Gasteiger partial charge on any atom is 0.240 e. The summed E-state index contributed by atoms with van der Waals surface area (Å²) in [5.41, 5.74) is 0. The Kier molecular flexibility index (Phi) is 8.29. The third kappa shape index (κ3) is 6.90.